The lowest BCUT2D eigenvalue weighted by atomic mass is 9.97. The molecule has 0 saturated carbocycles. The van der Waals surface area contributed by atoms with Crippen molar-refractivity contribution in [2.75, 3.05) is 19.8 Å². The number of ether oxygens (including phenoxy) is 1. The van der Waals surface area contributed by atoms with Crippen LogP contribution in [0.2, 0.25) is 0 Å². The minimum absolute atomic E-state index is 0. The molecule has 5 nitrogen and oxygen atoms in total. The van der Waals surface area contributed by atoms with Gasteiger partial charge in [0, 0.05) is 19.6 Å². The van der Waals surface area contributed by atoms with E-state index in [9.17, 15) is 0 Å². The Balaban J connectivity index is 0.00000147. The van der Waals surface area contributed by atoms with Crippen molar-refractivity contribution in [3.8, 4) is 0 Å². The number of hydrogen-bond acceptors (Lipinski definition) is 5. The van der Waals surface area contributed by atoms with Gasteiger partial charge in [-0.3, -0.25) is 0 Å². The van der Waals surface area contributed by atoms with Gasteiger partial charge in [-0.25, -0.2) is 0 Å². The fraction of sp³-hybridized carbons (Fsp3) is 0.857. The summed E-state index contributed by atoms with van der Waals surface area (Å²) in [6, 6.07) is 0.287. The lowest BCUT2D eigenvalue weighted by Crippen LogP contribution is -2.21. The van der Waals surface area contributed by atoms with Crippen LogP contribution in [0.3, 0.4) is 0 Å². The van der Waals surface area contributed by atoms with Gasteiger partial charge < -0.3 is 14.6 Å². The number of hydrogen-bond donors (Lipinski definition) is 1. The molecule has 0 amide bonds. The molecular formula is C14H24ClN3O2. The molecule has 20 heavy (non-hydrogen) atoms. The summed E-state index contributed by atoms with van der Waals surface area (Å²) in [7, 11) is 0. The molecule has 2 aliphatic rings. The Morgan fingerprint density at radius 2 is 1.95 bits per heavy atom. The average molecular weight is 302 g/mol. The highest BCUT2D eigenvalue weighted by Gasteiger charge is 2.22. The Kier molecular flexibility index (Phi) is 6.26. The van der Waals surface area contributed by atoms with E-state index in [0.29, 0.717) is 5.92 Å². The van der Waals surface area contributed by atoms with Crippen molar-refractivity contribution in [3.63, 3.8) is 0 Å². The Hall–Kier alpha value is -0.650. The topological polar surface area (TPSA) is 60.2 Å². The third-order valence-electron chi connectivity index (χ3n) is 4.16. The zero-order valence-corrected chi connectivity index (χ0v) is 12.7. The van der Waals surface area contributed by atoms with E-state index in [1.807, 2.05) is 0 Å². The Bertz CT molecular complexity index is 386. The van der Waals surface area contributed by atoms with Crippen molar-refractivity contribution in [1.82, 2.24) is 15.5 Å². The number of halogens is 1. The SMILES string of the molecule is C1CCNC(c2noc(CC3CCOCC3)n2)CC1.Cl. The van der Waals surface area contributed by atoms with Crippen molar-refractivity contribution in [1.29, 1.82) is 0 Å². The molecule has 3 heterocycles. The van der Waals surface area contributed by atoms with Gasteiger partial charge in [-0.2, -0.15) is 4.98 Å². The number of aromatic nitrogens is 2. The second-order valence-corrected chi connectivity index (χ2v) is 5.66. The summed E-state index contributed by atoms with van der Waals surface area (Å²) in [5, 5.41) is 7.68. The molecule has 6 heteroatoms. The van der Waals surface area contributed by atoms with Gasteiger partial charge in [0.15, 0.2) is 5.82 Å². The summed E-state index contributed by atoms with van der Waals surface area (Å²) in [6.45, 7) is 2.81. The van der Waals surface area contributed by atoms with Gasteiger partial charge in [-0.05, 0) is 38.1 Å². The first-order valence-electron chi connectivity index (χ1n) is 7.55. The van der Waals surface area contributed by atoms with Crippen molar-refractivity contribution in [2.24, 2.45) is 5.92 Å². The molecule has 1 N–H and O–H groups in total. The first kappa shape index (κ1) is 15.7. The van der Waals surface area contributed by atoms with Crippen molar-refractivity contribution in [2.45, 2.75) is 51.0 Å². The fourth-order valence-electron chi connectivity index (χ4n) is 2.94. The maximum atomic E-state index is 5.42. The van der Waals surface area contributed by atoms with Crippen LogP contribution in [0.5, 0.6) is 0 Å². The molecule has 2 aliphatic heterocycles. The average Bonchev–Trinajstić information content (AvgIpc) is 2.74. The van der Waals surface area contributed by atoms with Crippen molar-refractivity contribution in [3.05, 3.63) is 11.7 Å². The number of nitrogens with zero attached hydrogens (tertiary/aromatic N) is 2. The van der Waals surface area contributed by atoms with Gasteiger partial charge in [0.25, 0.3) is 0 Å². The van der Waals surface area contributed by atoms with Crippen LogP contribution in [0.4, 0.5) is 0 Å². The molecule has 3 rings (SSSR count). The van der Waals surface area contributed by atoms with Crippen LogP contribution in [0.25, 0.3) is 0 Å². The normalized spacial score (nSPS) is 24.9. The summed E-state index contributed by atoms with van der Waals surface area (Å²) in [5.74, 6) is 2.29. The van der Waals surface area contributed by atoms with Crippen LogP contribution < -0.4 is 5.32 Å². The molecule has 2 fully saturated rings. The molecular weight excluding hydrogens is 278 g/mol. The van der Waals surface area contributed by atoms with E-state index < -0.39 is 0 Å². The third kappa shape index (κ3) is 4.17. The minimum atomic E-state index is 0. The molecule has 0 radical (unpaired) electrons. The van der Waals surface area contributed by atoms with Crippen molar-refractivity contribution < 1.29 is 9.26 Å². The van der Waals surface area contributed by atoms with Crippen LogP contribution in [-0.2, 0) is 11.2 Å². The first-order valence-corrected chi connectivity index (χ1v) is 7.55. The molecule has 1 aromatic heterocycles. The summed E-state index contributed by atoms with van der Waals surface area (Å²) >= 11 is 0. The van der Waals surface area contributed by atoms with Crippen LogP contribution >= 0.6 is 12.4 Å². The first-order chi connectivity index (χ1) is 9.42. The molecule has 2 saturated heterocycles. The second kappa shape index (κ2) is 7.96. The smallest absolute Gasteiger partial charge is 0.226 e. The summed E-state index contributed by atoms with van der Waals surface area (Å²) in [6.07, 6.45) is 8.05. The van der Waals surface area contributed by atoms with Crippen LogP contribution in [0, 0.1) is 5.92 Å². The predicted octanol–water partition coefficient (Wildman–Crippen LogP) is 2.67. The number of rotatable bonds is 3. The highest BCUT2D eigenvalue weighted by atomic mass is 35.5. The summed E-state index contributed by atoms with van der Waals surface area (Å²) in [4.78, 5) is 4.59. The van der Waals surface area contributed by atoms with Gasteiger partial charge in [0.2, 0.25) is 5.89 Å². The van der Waals surface area contributed by atoms with E-state index in [1.165, 1.54) is 19.3 Å². The van der Waals surface area contributed by atoms with Gasteiger partial charge in [-0.1, -0.05) is 18.0 Å². The summed E-state index contributed by atoms with van der Waals surface area (Å²) < 4.78 is 10.8. The molecule has 114 valence electrons. The van der Waals surface area contributed by atoms with Gasteiger partial charge >= 0.3 is 0 Å². The highest BCUT2D eigenvalue weighted by molar-refractivity contribution is 5.85. The standard InChI is InChI=1S/C14H23N3O2.ClH/c1-2-4-12(15-7-3-1)14-16-13(19-17-14)10-11-5-8-18-9-6-11;/h11-12,15H,1-10H2;1H. The van der Waals surface area contributed by atoms with Gasteiger partial charge in [0.05, 0.1) is 6.04 Å². The van der Waals surface area contributed by atoms with E-state index in [4.69, 9.17) is 9.26 Å². The zero-order valence-electron chi connectivity index (χ0n) is 11.8. The van der Waals surface area contributed by atoms with E-state index >= 15 is 0 Å². The van der Waals surface area contributed by atoms with Crippen LogP contribution in [0.15, 0.2) is 4.52 Å². The Labute approximate surface area is 126 Å². The molecule has 0 spiro atoms. The van der Waals surface area contributed by atoms with E-state index in [2.05, 4.69) is 15.5 Å². The molecule has 0 bridgehead atoms. The van der Waals surface area contributed by atoms with Crippen LogP contribution in [-0.4, -0.2) is 29.9 Å². The van der Waals surface area contributed by atoms with Gasteiger partial charge in [0.1, 0.15) is 0 Å². The maximum absolute atomic E-state index is 5.42. The lowest BCUT2D eigenvalue weighted by Gasteiger charge is -2.20. The quantitative estimate of drug-likeness (QED) is 0.930. The predicted molar refractivity (Wildman–Crippen MR) is 78.0 cm³/mol. The zero-order chi connectivity index (χ0) is 12.9. The van der Waals surface area contributed by atoms with E-state index in [0.717, 1.165) is 57.2 Å². The highest BCUT2D eigenvalue weighted by Crippen LogP contribution is 2.23. The molecule has 1 aromatic rings. The fourth-order valence-corrected chi connectivity index (χ4v) is 2.94. The molecule has 1 unspecified atom stereocenters. The Morgan fingerprint density at radius 3 is 2.80 bits per heavy atom. The maximum Gasteiger partial charge on any atom is 0.226 e. The third-order valence-corrected chi connectivity index (χ3v) is 4.16. The lowest BCUT2D eigenvalue weighted by molar-refractivity contribution is 0.0642. The monoisotopic (exact) mass is 301 g/mol. The van der Waals surface area contributed by atoms with Crippen LogP contribution in [0.1, 0.15) is 56.3 Å². The molecule has 0 aromatic carbocycles. The van der Waals surface area contributed by atoms with E-state index in [1.54, 1.807) is 0 Å². The van der Waals surface area contributed by atoms with E-state index in [-0.39, 0.29) is 18.4 Å². The minimum Gasteiger partial charge on any atom is -0.381 e. The van der Waals surface area contributed by atoms with Crippen molar-refractivity contribution >= 4 is 12.4 Å². The Morgan fingerprint density at radius 1 is 1.10 bits per heavy atom. The molecule has 1 atom stereocenters. The summed E-state index contributed by atoms with van der Waals surface area (Å²) in [5.41, 5.74) is 0. The largest absolute Gasteiger partial charge is 0.381 e. The second-order valence-electron chi connectivity index (χ2n) is 5.66. The van der Waals surface area contributed by atoms with Gasteiger partial charge in [-0.15, -0.1) is 12.4 Å². The molecule has 0 aliphatic carbocycles. The number of nitrogens with one attached hydrogen (secondary N) is 1.